The zero-order valence-electron chi connectivity index (χ0n) is 5.24. The van der Waals surface area contributed by atoms with Gasteiger partial charge in [-0.3, -0.25) is 0 Å². The molecule has 1 radical (unpaired) electrons. The third kappa shape index (κ3) is 1.33. The summed E-state index contributed by atoms with van der Waals surface area (Å²) in [6, 6.07) is 0. The molecule has 0 bridgehead atoms. The Bertz CT molecular complexity index is 191. The summed E-state index contributed by atoms with van der Waals surface area (Å²) in [6.45, 7) is 0. The summed E-state index contributed by atoms with van der Waals surface area (Å²) in [5.74, 6) is 2.54. The van der Waals surface area contributed by atoms with Gasteiger partial charge in [0.25, 0.3) is 0 Å². The zero-order valence-corrected chi connectivity index (χ0v) is 7.69. The Labute approximate surface area is 72.6 Å². The van der Waals surface area contributed by atoms with Crippen LogP contribution in [-0.2, 0) is 0 Å². The van der Waals surface area contributed by atoms with Crippen LogP contribution in [-0.4, -0.2) is 16.5 Å². The quantitative estimate of drug-likeness (QED) is 0.672. The van der Waals surface area contributed by atoms with Crippen LogP contribution in [0.2, 0.25) is 0 Å². The second kappa shape index (κ2) is 3.15. The SMILES string of the molecule is [c]1nc(C2SCCS2)cs1. The van der Waals surface area contributed by atoms with Gasteiger partial charge in [-0.25, -0.2) is 4.98 Å². The molecule has 0 N–H and O–H groups in total. The molecule has 1 saturated heterocycles. The van der Waals surface area contributed by atoms with E-state index in [1.54, 1.807) is 11.3 Å². The van der Waals surface area contributed by atoms with E-state index >= 15 is 0 Å². The fraction of sp³-hybridized carbons (Fsp3) is 0.500. The van der Waals surface area contributed by atoms with E-state index in [0.717, 1.165) is 0 Å². The molecule has 0 spiro atoms. The highest BCUT2D eigenvalue weighted by atomic mass is 32.2. The largest absolute Gasteiger partial charge is 0.236 e. The summed E-state index contributed by atoms with van der Waals surface area (Å²) in [6.07, 6.45) is 0. The molecule has 0 saturated carbocycles. The standard InChI is InChI=1S/C6H6NS3/c1-2-10-6(9-1)5-3-8-4-7-5/h3,6H,1-2H2. The molecule has 1 aliphatic rings. The number of aromatic nitrogens is 1. The highest BCUT2D eigenvalue weighted by molar-refractivity contribution is 8.19. The van der Waals surface area contributed by atoms with E-state index in [9.17, 15) is 0 Å². The lowest BCUT2D eigenvalue weighted by Crippen LogP contribution is -1.82. The molecule has 4 heteroatoms. The van der Waals surface area contributed by atoms with Crippen molar-refractivity contribution in [2.45, 2.75) is 4.58 Å². The Balaban J connectivity index is 2.12. The number of thioether (sulfide) groups is 2. The second-order valence-corrected chi connectivity index (χ2v) is 5.32. The Morgan fingerprint density at radius 1 is 1.50 bits per heavy atom. The summed E-state index contributed by atoms with van der Waals surface area (Å²) in [5, 5.41) is 2.09. The molecule has 10 heavy (non-hydrogen) atoms. The van der Waals surface area contributed by atoms with Crippen LogP contribution in [0.4, 0.5) is 0 Å². The molecule has 1 aromatic heterocycles. The van der Waals surface area contributed by atoms with Crippen molar-refractivity contribution in [3.8, 4) is 0 Å². The minimum atomic E-state index is 0.600. The van der Waals surface area contributed by atoms with Gasteiger partial charge >= 0.3 is 0 Å². The molecule has 1 aliphatic heterocycles. The van der Waals surface area contributed by atoms with Crippen LogP contribution < -0.4 is 0 Å². The maximum atomic E-state index is 4.15. The van der Waals surface area contributed by atoms with Crippen molar-refractivity contribution in [2.24, 2.45) is 0 Å². The van der Waals surface area contributed by atoms with E-state index in [1.165, 1.54) is 17.2 Å². The number of nitrogens with zero attached hydrogens (tertiary/aromatic N) is 1. The van der Waals surface area contributed by atoms with Gasteiger partial charge in [0.05, 0.1) is 10.3 Å². The van der Waals surface area contributed by atoms with Crippen molar-refractivity contribution in [1.82, 2.24) is 4.98 Å². The lowest BCUT2D eigenvalue weighted by atomic mass is 10.6. The summed E-state index contributed by atoms with van der Waals surface area (Å²) >= 11 is 5.54. The molecule has 2 rings (SSSR count). The first-order valence-corrected chi connectivity index (χ1v) is 5.99. The molecule has 0 aliphatic carbocycles. The maximum Gasteiger partial charge on any atom is 0.152 e. The molecule has 53 valence electrons. The molecule has 2 heterocycles. The van der Waals surface area contributed by atoms with Crippen LogP contribution in [0.3, 0.4) is 0 Å². The first-order valence-electron chi connectivity index (χ1n) is 3.01. The molecule has 0 amide bonds. The summed E-state index contributed by atoms with van der Waals surface area (Å²) in [7, 11) is 0. The Morgan fingerprint density at radius 2 is 2.30 bits per heavy atom. The van der Waals surface area contributed by atoms with E-state index in [4.69, 9.17) is 0 Å². The van der Waals surface area contributed by atoms with Gasteiger partial charge in [0.2, 0.25) is 0 Å². The first kappa shape index (κ1) is 7.00. The Kier molecular flexibility index (Phi) is 2.21. The van der Waals surface area contributed by atoms with E-state index < -0.39 is 0 Å². The van der Waals surface area contributed by atoms with Gasteiger partial charge in [-0.2, -0.15) is 0 Å². The molecular formula is C6H6NS3. The van der Waals surface area contributed by atoms with Gasteiger partial charge in [0, 0.05) is 16.9 Å². The minimum Gasteiger partial charge on any atom is -0.236 e. The highest BCUT2D eigenvalue weighted by Crippen LogP contribution is 2.44. The first-order chi connectivity index (χ1) is 4.97. The monoisotopic (exact) mass is 188 g/mol. The minimum absolute atomic E-state index is 0.600. The van der Waals surface area contributed by atoms with Crippen molar-refractivity contribution in [2.75, 3.05) is 11.5 Å². The van der Waals surface area contributed by atoms with Crippen LogP contribution in [0.1, 0.15) is 10.3 Å². The fourth-order valence-electron chi connectivity index (χ4n) is 0.830. The summed E-state index contributed by atoms with van der Waals surface area (Å²) in [5.41, 5.74) is 4.08. The van der Waals surface area contributed by atoms with Gasteiger partial charge in [-0.1, -0.05) is 0 Å². The van der Waals surface area contributed by atoms with Crippen LogP contribution in [0.25, 0.3) is 0 Å². The Morgan fingerprint density at radius 3 is 2.90 bits per heavy atom. The number of thiazole rings is 1. The average Bonchev–Trinajstić information content (AvgIpc) is 2.59. The van der Waals surface area contributed by atoms with Crippen molar-refractivity contribution in [3.63, 3.8) is 0 Å². The predicted molar refractivity (Wildman–Crippen MR) is 48.6 cm³/mol. The van der Waals surface area contributed by atoms with E-state index in [0.29, 0.717) is 4.58 Å². The van der Waals surface area contributed by atoms with E-state index in [-0.39, 0.29) is 0 Å². The topological polar surface area (TPSA) is 12.9 Å². The molecular weight excluding hydrogens is 182 g/mol. The van der Waals surface area contributed by atoms with Crippen molar-refractivity contribution >= 4 is 34.9 Å². The van der Waals surface area contributed by atoms with Crippen LogP contribution in [0.15, 0.2) is 5.38 Å². The predicted octanol–water partition coefficient (Wildman–Crippen LogP) is 2.42. The second-order valence-electron chi connectivity index (χ2n) is 1.94. The van der Waals surface area contributed by atoms with Crippen molar-refractivity contribution in [1.29, 1.82) is 0 Å². The van der Waals surface area contributed by atoms with E-state index in [1.807, 2.05) is 23.5 Å². The van der Waals surface area contributed by atoms with E-state index in [2.05, 4.69) is 15.9 Å². The molecule has 1 fully saturated rings. The van der Waals surface area contributed by atoms with Gasteiger partial charge in [-0.15, -0.1) is 34.9 Å². The normalized spacial score (nSPS) is 20.0. The highest BCUT2D eigenvalue weighted by Gasteiger charge is 2.19. The van der Waals surface area contributed by atoms with Crippen LogP contribution in [0.5, 0.6) is 0 Å². The third-order valence-corrected chi connectivity index (χ3v) is 4.87. The lowest BCUT2D eigenvalue weighted by molar-refractivity contribution is 1.22. The fourth-order valence-corrected chi connectivity index (χ4v) is 4.27. The van der Waals surface area contributed by atoms with Gasteiger partial charge in [0.1, 0.15) is 0 Å². The number of hydrogen-bond donors (Lipinski definition) is 0. The van der Waals surface area contributed by atoms with Crippen molar-refractivity contribution < 1.29 is 0 Å². The number of hydrogen-bond acceptors (Lipinski definition) is 4. The molecule has 0 atom stereocenters. The van der Waals surface area contributed by atoms with Crippen LogP contribution >= 0.6 is 34.9 Å². The third-order valence-electron chi connectivity index (χ3n) is 1.27. The zero-order chi connectivity index (χ0) is 6.81. The number of rotatable bonds is 1. The van der Waals surface area contributed by atoms with Crippen LogP contribution in [0, 0.1) is 5.51 Å². The van der Waals surface area contributed by atoms with Crippen molar-refractivity contribution in [3.05, 3.63) is 16.6 Å². The maximum absolute atomic E-state index is 4.15. The summed E-state index contributed by atoms with van der Waals surface area (Å²) < 4.78 is 0.600. The molecule has 0 aromatic carbocycles. The molecule has 1 aromatic rings. The average molecular weight is 188 g/mol. The Hall–Kier alpha value is 0.330. The van der Waals surface area contributed by atoms with Gasteiger partial charge < -0.3 is 0 Å². The van der Waals surface area contributed by atoms with Gasteiger partial charge in [0.15, 0.2) is 5.51 Å². The smallest absolute Gasteiger partial charge is 0.152 e. The lowest BCUT2D eigenvalue weighted by Gasteiger charge is -2.00. The molecule has 0 unspecified atom stereocenters. The molecule has 1 nitrogen and oxygen atoms in total. The van der Waals surface area contributed by atoms with Gasteiger partial charge in [-0.05, 0) is 0 Å². The summed E-state index contributed by atoms with van der Waals surface area (Å²) in [4.78, 5) is 4.15.